The lowest BCUT2D eigenvalue weighted by Crippen LogP contribution is -2.40. The molecule has 0 saturated carbocycles. The van der Waals surface area contributed by atoms with Crippen LogP contribution in [0.1, 0.15) is 24.8 Å². The summed E-state index contributed by atoms with van der Waals surface area (Å²) in [6, 6.07) is 6.80. The Morgan fingerprint density at radius 1 is 1.18 bits per heavy atom. The van der Waals surface area contributed by atoms with Gasteiger partial charge in [-0.1, -0.05) is 17.7 Å². The van der Waals surface area contributed by atoms with Crippen molar-refractivity contribution in [3.8, 4) is 17.4 Å². The Bertz CT molecular complexity index is 1060. The summed E-state index contributed by atoms with van der Waals surface area (Å²) in [5, 5.41) is 6.47. The lowest BCUT2D eigenvalue weighted by atomic mass is 10.1. The van der Waals surface area contributed by atoms with Crippen LogP contribution < -0.4 is 25.8 Å². The molecule has 0 fully saturated rings. The van der Waals surface area contributed by atoms with Gasteiger partial charge in [-0.2, -0.15) is 4.98 Å². The van der Waals surface area contributed by atoms with Gasteiger partial charge >= 0.3 is 0 Å². The first-order chi connectivity index (χ1) is 16.5. The van der Waals surface area contributed by atoms with Crippen LogP contribution in [0, 0.1) is 0 Å². The summed E-state index contributed by atoms with van der Waals surface area (Å²) in [5.74, 6) is 2.01. The van der Waals surface area contributed by atoms with E-state index in [9.17, 15) is 4.79 Å². The van der Waals surface area contributed by atoms with E-state index in [4.69, 9.17) is 26.8 Å². The van der Waals surface area contributed by atoms with Gasteiger partial charge in [0.05, 0.1) is 14.2 Å². The third-order valence-electron chi connectivity index (χ3n) is 5.16. The molecule has 1 atom stereocenters. The number of hydrogen-bond donors (Lipinski definition) is 3. The number of hydrogen-bond acceptors (Lipinski definition) is 8. The van der Waals surface area contributed by atoms with E-state index in [0.717, 1.165) is 18.4 Å². The lowest BCUT2D eigenvalue weighted by Gasteiger charge is -2.19. The van der Waals surface area contributed by atoms with Gasteiger partial charge in [0.25, 0.3) is 0 Å². The van der Waals surface area contributed by atoms with Crippen molar-refractivity contribution in [1.29, 1.82) is 0 Å². The summed E-state index contributed by atoms with van der Waals surface area (Å²) >= 11 is 6.19. The van der Waals surface area contributed by atoms with Gasteiger partial charge < -0.3 is 25.8 Å². The number of carbonyl (C=O) groups is 1. The topological polar surface area (TPSA) is 129 Å². The maximum absolute atomic E-state index is 13.0. The summed E-state index contributed by atoms with van der Waals surface area (Å²) in [5.41, 5.74) is 6.67. The molecule has 2 heterocycles. The van der Waals surface area contributed by atoms with Crippen LogP contribution in [0.3, 0.4) is 0 Å². The Balaban J connectivity index is 1.65. The summed E-state index contributed by atoms with van der Waals surface area (Å²) in [4.78, 5) is 25.7. The monoisotopic (exact) mass is 487 g/mol. The van der Waals surface area contributed by atoms with E-state index >= 15 is 0 Å². The standard InChI is InChI=1S/C23H30ClN7O3/c1-33-18-7-6-16(13-19(18)34-2)8-10-27-22(32)17(5-3-4-9-25)28-21-14-20(24)29-23(30-21)31-12-11-26-15-31/h6-7,11-15,17H,3-5,8-10,25H2,1-2H3,(H,27,32)(H,28,29,30). The van der Waals surface area contributed by atoms with Crippen molar-refractivity contribution >= 4 is 23.3 Å². The van der Waals surface area contributed by atoms with Gasteiger partial charge in [-0.3, -0.25) is 9.36 Å². The van der Waals surface area contributed by atoms with Crippen molar-refractivity contribution in [3.63, 3.8) is 0 Å². The highest BCUT2D eigenvalue weighted by atomic mass is 35.5. The fraction of sp³-hybridized carbons (Fsp3) is 0.391. The van der Waals surface area contributed by atoms with E-state index in [2.05, 4.69) is 25.6 Å². The minimum atomic E-state index is -0.501. The van der Waals surface area contributed by atoms with Crippen LogP contribution in [0.5, 0.6) is 11.5 Å². The third-order valence-corrected chi connectivity index (χ3v) is 5.36. The van der Waals surface area contributed by atoms with Crippen molar-refractivity contribution in [2.24, 2.45) is 5.73 Å². The number of nitrogens with two attached hydrogens (primary N) is 1. The Morgan fingerprint density at radius 2 is 2.00 bits per heavy atom. The summed E-state index contributed by atoms with van der Waals surface area (Å²) in [6.07, 6.45) is 7.78. The fourth-order valence-electron chi connectivity index (χ4n) is 3.40. The Kier molecular flexibility index (Phi) is 9.48. The van der Waals surface area contributed by atoms with E-state index in [-0.39, 0.29) is 11.1 Å². The Labute approximate surface area is 203 Å². The van der Waals surface area contributed by atoms with Crippen LogP contribution in [0.15, 0.2) is 43.0 Å². The predicted molar refractivity (Wildman–Crippen MR) is 131 cm³/mol. The minimum Gasteiger partial charge on any atom is -0.493 e. The van der Waals surface area contributed by atoms with E-state index in [1.165, 1.54) is 0 Å². The van der Waals surface area contributed by atoms with Crippen molar-refractivity contribution in [2.75, 3.05) is 32.6 Å². The number of rotatable bonds is 13. The van der Waals surface area contributed by atoms with Gasteiger partial charge in [0.2, 0.25) is 11.9 Å². The maximum Gasteiger partial charge on any atom is 0.242 e. The largest absolute Gasteiger partial charge is 0.493 e. The first-order valence-electron chi connectivity index (χ1n) is 11.0. The molecular formula is C23H30ClN7O3. The molecule has 10 nitrogen and oxygen atoms in total. The van der Waals surface area contributed by atoms with E-state index in [1.54, 1.807) is 43.6 Å². The summed E-state index contributed by atoms with van der Waals surface area (Å²) < 4.78 is 12.3. The number of carbonyl (C=O) groups excluding carboxylic acids is 1. The van der Waals surface area contributed by atoms with Gasteiger partial charge in [-0.25, -0.2) is 9.97 Å². The molecule has 3 rings (SSSR count). The predicted octanol–water partition coefficient (Wildman–Crippen LogP) is 2.60. The lowest BCUT2D eigenvalue weighted by molar-refractivity contribution is -0.121. The average Bonchev–Trinajstić information content (AvgIpc) is 3.38. The molecule has 3 aromatic rings. The molecule has 0 aliphatic rings. The zero-order valence-corrected chi connectivity index (χ0v) is 20.1. The fourth-order valence-corrected chi connectivity index (χ4v) is 3.58. The molecule has 34 heavy (non-hydrogen) atoms. The highest BCUT2D eigenvalue weighted by molar-refractivity contribution is 6.29. The second kappa shape index (κ2) is 12.8. The molecule has 0 radical (unpaired) electrons. The molecule has 2 aromatic heterocycles. The number of imidazole rings is 1. The SMILES string of the molecule is COc1ccc(CCNC(=O)C(CCCCN)Nc2cc(Cl)nc(-n3ccnc3)n2)cc1OC. The number of anilines is 1. The number of methoxy groups -OCH3 is 2. The van der Waals surface area contributed by atoms with Crippen LogP contribution >= 0.6 is 11.6 Å². The number of ether oxygens (including phenoxy) is 2. The zero-order chi connectivity index (χ0) is 24.3. The number of unbranched alkanes of at least 4 members (excludes halogenated alkanes) is 1. The van der Waals surface area contributed by atoms with Gasteiger partial charge in [0.15, 0.2) is 11.5 Å². The van der Waals surface area contributed by atoms with E-state index in [0.29, 0.717) is 49.2 Å². The molecule has 1 amide bonds. The highest BCUT2D eigenvalue weighted by Gasteiger charge is 2.19. The van der Waals surface area contributed by atoms with Crippen LogP contribution in [-0.2, 0) is 11.2 Å². The molecule has 0 spiro atoms. The number of halogens is 1. The Morgan fingerprint density at radius 3 is 2.71 bits per heavy atom. The molecule has 0 saturated heterocycles. The van der Waals surface area contributed by atoms with E-state index < -0.39 is 6.04 Å². The smallest absolute Gasteiger partial charge is 0.242 e. The number of nitrogens with one attached hydrogen (secondary N) is 2. The molecule has 0 bridgehead atoms. The van der Waals surface area contributed by atoms with Crippen molar-refractivity contribution in [3.05, 3.63) is 53.7 Å². The molecule has 1 aromatic carbocycles. The molecule has 11 heteroatoms. The van der Waals surface area contributed by atoms with Crippen molar-refractivity contribution in [2.45, 2.75) is 31.7 Å². The number of amides is 1. The van der Waals surface area contributed by atoms with Crippen LogP contribution in [-0.4, -0.2) is 58.8 Å². The van der Waals surface area contributed by atoms with Crippen LogP contribution in [0.2, 0.25) is 5.15 Å². The third kappa shape index (κ3) is 7.06. The molecule has 1 unspecified atom stereocenters. The first kappa shape index (κ1) is 25.3. The molecular weight excluding hydrogens is 458 g/mol. The van der Waals surface area contributed by atoms with Crippen LogP contribution in [0.4, 0.5) is 5.82 Å². The second-order valence-electron chi connectivity index (χ2n) is 7.56. The minimum absolute atomic E-state index is 0.128. The van der Waals surface area contributed by atoms with Gasteiger partial charge in [-0.05, 0) is 49.9 Å². The summed E-state index contributed by atoms with van der Waals surface area (Å²) in [6.45, 7) is 1.03. The normalized spacial score (nSPS) is 11.6. The average molecular weight is 488 g/mol. The number of nitrogens with zero attached hydrogens (tertiary/aromatic N) is 4. The molecule has 182 valence electrons. The van der Waals surface area contributed by atoms with Gasteiger partial charge in [0, 0.05) is 25.0 Å². The highest BCUT2D eigenvalue weighted by Crippen LogP contribution is 2.27. The molecule has 4 N–H and O–H groups in total. The van der Waals surface area contributed by atoms with Gasteiger partial charge in [-0.15, -0.1) is 0 Å². The first-order valence-corrected chi connectivity index (χ1v) is 11.4. The van der Waals surface area contributed by atoms with E-state index in [1.807, 2.05) is 18.2 Å². The second-order valence-corrected chi connectivity index (χ2v) is 7.94. The zero-order valence-electron chi connectivity index (χ0n) is 19.3. The molecule has 0 aliphatic heterocycles. The van der Waals surface area contributed by atoms with Crippen molar-refractivity contribution in [1.82, 2.24) is 24.8 Å². The number of aromatic nitrogens is 4. The summed E-state index contributed by atoms with van der Waals surface area (Å²) in [7, 11) is 3.19. The van der Waals surface area contributed by atoms with Crippen molar-refractivity contribution < 1.29 is 14.3 Å². The quantitative estimate of drug-likeness (QED) is 0.248. The molecule has 0 aliphatic carbocycles. The van der Waals surface area contributed by atoms with Gasteiger partial charge in [0.1, 0.15) is 23.3 Å². The maximum atomic E-state index is 13.0. The Hall–Kier alpha value is -3.37. The number of benzene rings is 1. The van der Waals surface area contributed by atoms with Crippen LogP contribution in [0.25, 0.3) is 5.95 Å².